The largest absolute Gasteiger partial charge is 0.369 e. The molecule has 3 rings (SSSR count). The number of rotatable bonds is 6. The molecule has 1 N–H and O–H groups in total. The fourth-order valence-electron chi connectivity index (χ4n) is 4.26. The molecule has 160 valence electrons. The molecule has 6 heteroatoms. The van der Waals surface area contributed by atoms with Gasteiger partial charge in [-0.15, -0.1) is 0 Å². The zero-order valence-electron chi connectivity index (χ0n) is 18.2. The van der Waals surface area contributed by atoms with Crippen LogP contribution in [0.2, 0.25) is 0 Å². The van der Waals surface area contributed by atoms with Gasteiger partial charge < -0.3 is 15.1 Å². The van der Waals surface area contributed by atoms with Crippen LogP contribution in [0.25, 0.3) is 0 Å². The number of anilines is 1. The number of hydrogen-bond donors (Lipinski definition) is 1. The molecule has 1 unspecified atom stereocenters. The molecule has 0 aromatic heterocycles. The van der Waals surface area contributed by atoms with E-state index in [4.69, 9.17) is 0 Å². The van der Waals surface area contributed by atoms with Gasteiger partial charge in [0.1, 0.15) is 0 Å². The molecule has 0 saturated carbocycles. The number of hydrogen-bond acceptors (Lipinski definition) is 4. The summed E-state index contributed by atoms with van der Waals surface area (Å²) in [7, 11) is 0. The predicted molar refractivity (Wildman–Crippen MR) is 117 cm³/mol. The number of piperazine rings is 1. The van der Waals surface area contributed by atoms with Crippen LogP contribution in [0.3, 0.4) is 0 Å². The van der Waals surface area contributed by atoms with Crippen molar-refractivity contribution in [2.75, 3.05) is 50.7 Å². The highest BCUT2D eigenvalue weighted by Crippen LogP contribution is 2.22. The van der Waals surface area contributed by atoms with Gasteiger partial charge in [0.2, 0.25) is 5.91 Å². The Labute approximate surface area is 175 Å². The topological polar surface area (TPSA) is 55.9 Å². The Hall–Kier alpha value is -2.08. The minimum absolute atomic E-state index is 0.0363. The Morgan fingerprint density at radius 3 is 2.38 bits per heavy atom. The third-order valence-corrected chi connectivity index (χ3v) is 6.15. The van der Waals surface area contributed by atoms with E-state index < -0.39 is 0 Å². The van der Waals surface area contributed by atoms with E-state index in [0.717, 1.165) is 52.0 Å². The van der Waals surface area contributed by atoms with Crippen LogP contribution in [-0.2, 0) is 4.79 Å². The number of amides is 2. The number of carbonyl (C=O) groups excluding carboxylic acids is 2. The van der Waals surface area contributed by atoms with Gasteiger partial charge in [-0.1, -0.05) is 6.92 Å². The minimum atomic E-state index is -0.0872. The first-order valence-electron chi connectivity index (χ1n) is 11.2. The average Bonchev–Trinajstić information content (AvgIpc) is 2.77. The summed E-state index contributed by atoms with van der Waals surface area (Å²) in [6.07, 6.45) is 2.68. The van der Waals surface area contributed by atoms with Crippen molar-refractivity contribution in [2.24, 2.45) is 5.92 Å². The van der Waals surface area contributed by atoms with Crippen molar-refractivity contribution in [3.8, 4) is 0 Å². The van der Waals surface area contributed by atoms with Crippen LogP contribution >= 0.6 is 0 Å². The third kappa shape index (κ3) is 5.50. The third-order valence-electron chi connectivity index (χ3n) is 6.15. The second-order valence-electron chi connectivity index (χ2n) is 8.54. The van der Waals surface area contributed by atoms with Crippen molar-refractivity contribution < 1.29 is 9.59 Å². The summed E-state index contributed by atoms with van der Waals surface area (Å²) in [5, 5.41) is 2.97. The highest BCUT2D eigenvalue weighted by Gasteiger charge is 2.29. The smallest absolute Gasteiger partial charge is 0.253 e. The number of nitrogens with zero attached hydrogens (tertiary/aromatic N) is 3. The predicted octanol–water partition coefficient (Wildman–Crippen LogP) is 2.60. The van der Waals surface area contributed by atoms with E-state index >= 15 is 0 Å². The van der Waals surface area contributed by atoms with Gasteiger partial charge in [-0.2, -0.15) is 0 Å². The Morgan fingerprint density at radius 1 is 1.07 bits per heavy atom. The molecular weight excluding hydrogens is 364 g/mol. The summed E-state index contributed by atoms with van der Waals surface area (Å²) in [5.74, 6) is 0.0326. The molecule has 2 amide bonds. The fraction of sp³-hybridized carbons (Fsp3) is 0.652. The average molecular weight is 401 g/mol. The highest BCUT2D eigenvalue weighted by atomic mass is 16.2. The lowest BCUT2D eigenvalue weighted by Crippen LogP contribution is -2.48. The molecule has 1 atom stereocenters. The van der Waals surface area contributed by atoms with Gasteiger partial charge in [0.05, 0.1) is 5.92 Å². The summed E-state index contributed by atoms with van der Waals surface area (Å²) in [5.41, 5.74) is 1.89. The maximum atomic E-state index is 13.0. The van der Waals surface area contributed by atoms with Crippen molar-refractivity contribution >= 4 is 17.5 Å². The fourth-order valence-corrected chi connectivity index (χ4v) is 4.26. The lowest BCUT2D eigenvalue weighted by atomic mass is 9.96. The first-order chi connectivity index (χ1) is 14.0. The normalized spacial score (nSPS) is 20.8. The molecule has 2 fully saturated rings. The summed E-state index contributed by atoms with van der Waals surface area (Å²) in [4.78, 5) is 32.0. The number of piperidine rings is 1. The molecule has 1 aromatic carbocycles. The molecule has 2 aliphatic heterocycles. The van der Waals surface area contributed by atoms with Crippen LogP contribution in [0, 0.1) is 5.92 Å². The molecular formula is C23H36N4O2. The molecule has 0 bridgehead atoms. The molecule has 29 heavy (non-hydrogen) atoms. The second kappa shape index (κ2) is 10.1. The summed E-state index contributed by atoms with van der Waals surface area (Å²) in [6.45, 7) is 12.7. The first-order valence-corrected chi connectivity index (χ1v) is 11.2. The Morgan fingerprint density at radius 2 is 1.76 bits per heavy atom. The minimum Gasteiger partial charge on any atom is -0.369 e. The number of benzene rings is 1. The summed E-state index contributed by atoms with van der Waals surface area (Å²) >= 11 is 0. The van der Waals surface area contributed by atoms with E-state index in [2.05, 4.69) is 41.1 Å². The monoisotopic (exact) mass is 400 g/mol. The lowest BCUT2D eigenvalue weighted by Gasteiger charge is -2.38. The van der Waals surface area contributed by atoms with E-state index in [0.29, 0.717) is 24.7 Å². The molecule has 2 aliphatic rings. The molecule has 0 radical (unpaired) electrons. The van der Waals surface area contributed by atoms with Crippen molar-refractivity contribution in [3.05, 3.63) is 29.8 Å². The quantitative estimate of drug-likeness (QED) is 0.798. The van der Waals surface area contributed by atoms with Crippen molar-refractivity contribution in [1.82, 2.24) is 15.1 Å². The molecule has 2 heterocycles. The number of likely N-dealkylation sites (tertiary alicyclic amines) is 1. The van der Waals surface area contributed by atoms with Crippen molar-refractivity contribution in [2.45, 2.75) is 46.1 Å². The zero-order chi connectivity index (χ0) is 20.8. The van der Waals surface area contributed by atoms with E-state index in [1.165, 1.54) is 5.69 Å². The zero-order valence-corrected chi connectivity index (χ0v) is 18.2. The Balaban J connectivity index is 1.57. The van der Waals surface area contributed by atoms with Crippen LogP contribution in [0.15, 0.2) is 24.3 Å². The lowest BCUT2D eigenvalue weighted by molar-refractivity contribution is -0.126. The van der Waals surface area contributed by atoms with Crippen LogP contribution in [0.4, 0.5) is 5.69 Å². The van der Waals surface area contributed by atoms with Gasteiger partial charge in [0.15, 0.2) is 0 Å². The first kappa shape index (κ1) is 21.6. The molecule has 0 aliphatic carbocycles. The van der Waals surface area contributed by atoms with Gasteiger partial charge in [-0.25, -0.2) is 0 Å². The standard InChI is InChI=1S/C23H36N4O2/c1-4-11-24-22(28)20-6-5-12-27(17-20)23(29)19-7-9-21(10-8-19)26-15-13-25(14-16-26)18(2)3/h7-10,18,20H,4-6,11-17H2,1-3H3,(H,24,28). The Kier molecular flexibility index (Phi) is 7.53. The van der Waals surface area contributed by atoms with E-state index in [1.54, 1.807) is 0 Å². The second-order valence-corrected chi connectivity index (χ2v) is 8.54. The van der Waals surface area contributed by atoms with Gasteiger partial charge in [-0.05, 0) is 57.4 Å². The molecule has 2 saturated heterocycles. The van der Waals surface area contributed by atoms with E-state index in [9.17, 15) is 9.59 Å². The van der Waals surface area contributed by atoms with Crippen molar-refractivity contribution in [1.29, 1.82) is 0 Å². The number of nitrogens with one attached hydrogen (secondary N) is 1. The maximum absolute atomic E-state index is 13.0. The molecule has 1 aromatic rings. The summed E-state index contributed by atoms with van der Waals surface area (Å²) < 4.78 is 0. The van der Waals surface area contributed by atoms with E-state index in [-0.39, 0.29) is 17.7 Å². The van der Waals surface area contributed by atoms with Crippen LogP contribution in [-0.4, -0.2) is 73.5 Å². The highest BCUT2D eigenvalue weighted by molar-refractivity contribution is 5.95. The number of carbonyl (C=O) groups is 2. The van der Waals surface area contributed by atoms with E-state index in [1.807, 2.05) is 24.0 Å². The van der Waals surface area contributed by atoms with Crippen molar-refractivity contribution in [3.63, 3.8) is 0 Å². The Bertz CT molecular complexity index is 681. The molecule has 6 nitrogen and oxygen atoms in total. The maximum Gasteiger partial charge on any atom is 0.253 e. The summed E-state index contributed by atoms with van der Waals surface area (Å²) in [6, 6.07) is 8.59. The van der Waals surface area contributed by atoms with Gasteiger partial charge >= 0.3 is 0 Å². The SMILES string of the molecule is CCCNC(=O)C1CCCN(C(=O)c2ccc(N3CCN(C(C)C)CC3)cc2)C1. The van der Waals surface area contributed by atoms with Gasteiger partial charge in [0.25, 0.3) is 5.91 Å². The van der Waals surface area contributed by atoms with Crippen LogP contribution in [0.1, 0.15) is 50.4 Å². The van der Waals surface area contributed by atoms with Gasteiger partial charge in [0, 0.05) is 63.1 Å². The van der Waals surface area contributed by atoms with Gasteiger partial charge in [-0.3, -0.25) is 14.5 Å². The van der Waals surface area contributed by atoms with Crippen LogP contribution < -0.4 is 10.2 Å². The molecule has 0 spiro atoms. The van der Waals surface area contributed by atoms with Crippen LogP contribution in [0.5, 0.6) is 0 Å².